The van der Waals surface area contributed by atoms with Crippen LogP contribution in [0.15, 0.2) is 30.3 Å². The van der Waals surface area contributed by atoms with Gasteiger partial charge >= 0.3 is 0 Å². The standard InChI is InChI=1S/C14H10Cl2N2O2/c15-9-2-4-11(8-6-13(19)18-14(8)9)20-12-3-1-7(17)5-10(12)16/h1-5H,6,17H2,(H,18,19). The maximum atomic E-state index is 11.5. The van der Waals surface area contributed by atoms with Crippen molar-refractivity contribution in [2.45, 2.75) is 6.42 Å². The zero-order chi connectivity index (χ0) is 14.3. The maximum absolute atomic E-state index is 11.5. The van der Waals surface area contributed by atoms with Gasteiger partial charge in [-0.2, -0.15) is 0 Å². The second-order valence-corrected chi connectivity index (χ2v) is 5.23. The Balaban J connectivity index is 2.00. The van der Waals surface area contributed by atoms with Gasteiger partial charge in [-0.05, 0) is 30.3 Å². The average molecular weight is 309 g/mol. The fourth-order valence-corrected chi connectivity index (χ4v) is 2.52. The highest BCUT2D eigenvalue weighted by molar-refractivity contribution is 6.34. The molecule has 4 nitrogen and oxygen atoms in total. The fourth-order valence-electron chi connectivity index (χ4n) is 2.07. The smallest absolute Gasteiger partial charge is 0.229 e. The molecule has 3 rings (SSSR count). The third-order valence-corrected chi connectivity index (χ3v) is 3.61. The van der Waals surface area contributed by atoms with Crippen LogP contribution in [0.3, 0.4) is 0 Å². The number of nitrogens with one attached hydrogen (secondary N) is 1. The first-order valence-corrected chi connectivity index (χ1v) is 6.64. The van der Waals surface area contributed by atoms with Gasteiger partial charge < -0.3 is 15.8 Å². The number of hydrogen-bond acceptors (Lipinski definition) is 3. The molecule has 0 saturated carbocycles. The summed E-state index contributed by atoms with van der Waals surface area (Å²) >= 11 is 12.1. The highest BCUT2D eigenvalue weighted by Crippen LogP contribution is 2.40. The van der Waals surface area contributed by atoms with E-state index in [4.69, 9.17) is 33.7 Å². The van der Waals surface area contributed by atoms with Gasteiger partial charge in [0.2, 0.25) is 5.91 Å². The first kappa shape index (κ1) is 13.1. The van der Waals surface area contributed by atoms with E-state index in [1.807, 2.05) is 0 Å². The number of amides is 1. The third kappa shape index (κ3) is 2.28. The number of benzene rings is 2. The Morgan fingerprint density at radius 3 is 2.60 bits per heavy atom. The SMILES string of the molecule is Nc1ccc(Oc2ccc(Cl)c3c2CC(=O)N3)c(Cl)c1. The van der Waals surface area contributed by atoms with Crippen LogP contribution in [-0.4, -0.2) is 5.91 Å². The lowest BCUT2D eigenvalue weighted by Gasteiger charge is -2.12. The number of fused-ring (bicyclic) bond motifs is 1. The predicted octanol–water partition coefficient (Wildman–Crippen LogP) is 3.86. The number of hydrogen-bond donors (Lipinski definition) is 2. The number of anilines is 2. The fraction of sp³-hybridized carbons (Fsp3) is 0.0714. The number of carbonyl (C=O) groups excluding carboxylic acids is 1. The summed E-state index contributed by atoms with van der Waals surface area (Å²) in [6.07, 6.45) is 0.234. The van der Waals surface area contributed by atoms with E-state index in [0.29, 0.717) is 32.9 Å². The Morgan fingerprint density at radius 1 is 1.10 bits per heavy atom. The lowest BCUT2D eigenvalue weighted by molar-refractivity contribution is -0.115. The van der Waals surface area contributed by atoms with Crippen LogP contribution in [0.25, 0.3) is 0 Å². The molecule has 0 bridgehead atoms. The monoisotopic (exact) mass is 308 g/mol. The minimum atomic E-state index is -0.110. The van der Waals surface area contributed by atoms with Crippen molar-refractivity contribution < 1.29 is 9.53 Å². The van der Waals surface area contributed by atoms with Gasteiger partial charge in [-0.3, -0.25) is 4.79 Å². The van der Waals surface area contributed by atoms with E-state index in [-0.39, 0.29) is 12.3 Å². The molecule has 0 aromatic heterocycles. The quantitative estimate of drug-likeness (QED) is 0.828. The van der Waals surface area contributed by atoms with Crippen molar-refractivity contribution >= 4 is 40.5 Å². The van der Waals surface area contributed by atoms with Gasteiger partial charge in [0, 0.05) is 11.3 Å². The van der Waals surface area contributed by atoms with Crippen molar-refractivity contribution in [3.63, 3.8) is 0 Å². The Bertz CT molecular complexity index is 717. The lowest BCUT2D eigenvalue weighted by atomic mass is 10.1. The molecular weight excluding hydrogens is 299 g/mol. The minimum absolute atomic E-state index is 0.110. The molecule has 2 aromatic rings. The van der Waals surface area contributed by atoms with Crippen LogP contribution in [0.1, 0.15) is 5.56 Å². The second-order valence-electron chi connectivity index (χ2n) is 4.42. The summed E-state index contributed by atoms with van der Waals surface area (Å²) in [4.78, 5) is 11.5. The summed E-state index contributed by atoms with van der Waals surface area (Å²) in [6, 6.07) is 8.38. The van der Waals surface area contributed by atoms with Gasteiger partial charge in [-0.25, -0.2) is 0 Å². The molecule has 0 radical (unpaired) electrons. The van der Waals surface area contributed by atoms with Crippen LogP contribution in [0, 0.1) is 0 Å². The Kier molecular flexibility index (Phi) is 3.20. The molecule has 1 amide bonds. The Labute approximate surface area is 125 Å². The number of ether oxygens (including phenoxy) is 1. The lowest BCUT2D eigenvalue weighted by Crippen LogP contribution is -2.03. The van der Waals surface area contributed by atoms with Crippen LogP contribution < -0.4 is 15.8 Å². The number of halogens is 2. The molecule has 0 spiro atoms. The zero-order valence-corrected chi connectivity index (χ0v) is 11.8. The average Bonchev–Trinajstić information content (AvgIpc) is 2.78. The molecule has 0 saturated heterocycles. The van der Waals surface area contributed by atoms with E-state index >= 15 is 0 Å². The molecular formula is C14H10Cl2N2O2. The van der Waals surface area contributed by atoms with Gasteiger partial charge in [0.1, 0.15) is 11.5 Å². The Hall–Kier alpha value is -1.91. The number of carbonyl (C=O) groups is 1. The molecule has 2 aromatic carbocycles. The normalized spacial score (nSPS) is 13.0. The summed E-state index contributed by atoms with van der Waals surface area (Å²) < 4.78 is 5.77. The van der Waals surface area contributed by atoms with Crippen LogP contribution in [0.4, 0.5) is 11.4 Å². The Morgan fingerprint density at radius 2 is 1.85 bits per heavy atom. The molecule has 1 aliphatic heterocycles. The summed E-state index contributed by atoms with van der Waals surface area (Å²) in [5.74, 6) is 0.917. The molecule has 1 aliphatic rings. The van der Waals surface area contributed by atoms with Gasteiger partial charge in [-0.15, -0.1) is 0 Å². The second kappa shape index (κ2) is 4.89. The highest BCUT2D eigenvalue weighted by atomic mass is 35.5. The van der Waals surface area contributed by atoms with Crippen LogP contribution in [0.2, 0.25) is 10.0 Å². The first-order valence-electron chi connectivity index (χ1n) is 5.88. The van der Waals surface area contributed by atoms with E-state index in [0.717, 1.165) is 5.56 Å². The number of nitrogen functional groups attached to an aromatic ring is 1. The van der Waals surface area contributed by atoms with Gasteiger partial charge in [0.05, 0.1) is 22.2 Å². The number of nitrogens with two attached hydrogens (primary N) is 1. The number of rotatable bonds is 2. The molecule has 0 fully saturated rings. The van der Waals surface area contributed by atoms with Crippen LogP contribution in [-0.2, 0) is 11.2 Å². The van der Waals surface area contributed by atoms with E-state index in [1.165, 1.54) is 0 Å². The third-order valence-electron chi connectivity index (χ3n) is 3.00. The molecule has 0 unspecified atom stereocenters. The molecule has 102 valence electrons. The molecule has 0 atom stereocenters. The molecule has 3 N–H and O–H groups in total. The highest BCUT2D eigenvalue weighted by Gasteiger charge is 2.24. The molecule has 1 heterocycles. The van der Waals surface area contributed by atoms with Gasteiger partial charge in [0.15, 0.2) is 0 Å². The van der Waals surface area contributed by atoms with Crippen molar-refractivity contribution in [3.05, 3.63) is 45.9 Å². The van der Waals surface area contributed by atoms with Gasteiger partial charge in [0.25, 0.3) is 0 Å². The van der Waals surface area contributed by atoms with E-state index in [1.54, 1.807) is 30.3 Å². The molecule has 0 aliphatic carbocycles. The first-order chi connectivity index (χ1) is 9.54. The van der Waals surface area contributed by atoms with E-state index in [2.05, 4.69) is 5.32 Å². The predicted molar refractivity (Wildman–Crippen MR) is 79.7 cm³/mol. The topological polar surface area (TPSA) is 64.3 Å². The van der Waals surface area contributed by atoms with E-state index < -0.39 is 0 Å². The van der Waals surface area contributed by atoms with Crippen molar-refractivity contribution in [2.24, 2.45) is 0 Å². The summed E-state index contributed by atoms with van der Waals surface area (Å²) in [7, 11) is 0. The van der Waals surface area contributed by atoms with Crippen molar-refractivity contribution in [1.82, 2.24) is 0 Å². The molecule has 6 heteroatoms. The van der Waals surface area contributed by atoms with Crippen LogP contribution >= 0.6 is 23.2 Å². The van der Waals surface area contributed by atoms with Crippen molar-refractivity contribution in [3.8, 4) is 11.5 Å². The largest absolute Gasteiger partial charge is 0.455 e. The zero-order valence-electron chi connectivity index (χ0n) is 10.2. The minimum Gasteiger partial charge on any atom is -0.455 e. The van der Waals surface area contributed by atoms with Crippen molar-refractivity contribution in [1.29, 1.82) is 0 Å². The summed E-state index contributed by atoms with van der Waals surface area (Å²) in [6.45, 7) is 0. The molecule has 20 heavy (non-hydrogen) atoms. The van der Waals surface area contributed by atoms with Gasteiger partial charge in [-0.1, -0.05) is 23.2 Å². The van der Waals surface area contributed by atoms with Crippen LogP contribution in [0.5, 0.6) is 11.5 Å². The summed E-state index contributed by atoms with van der Waals surface area (Å²) in [5.41, 5.74) is 7.52. The van der Waals surface area contributed by atoms with E-state index in [9.17, 15) is 4.79 Å². The maximum Gasteiger partial charge on any atom is 0.229 e. The summed E-state index contributed by atoms with van der Waals surface area (Å²) in [5, 5.41) is 3.61. The van der Waals surface area contributed by atoms with Crippen molar-refractivity contribution in [2.75, 3.05) is 11.1 Å².